The Morgan fingerprint density at radius 1 is 1.11 bits per heavy atom. The lowest BCUT2D eigenvalue weighted by atomic mass is 10.1. The number of benzene rings is 2. The lowest BCUT2D eigenvalue weighted by molar-refractivity contribution is -0.385. The summed E-state index contributed by atoms with van der Waals surface area (Å²) in [5, 5.41) is 13.0. The Hall–Kier alpha value is -3.31. The van der Waals surface area contributed by atoms with E-state index in [2.05, 4.69) is 10.1 Å². The van der Waals surface area contributed by atoms with Crippen LogP contribution in [0.1, 0.15) is 10.4 Å². The summed E-state index contributed by atoms with van der Waals surface area (Å²) >= 11 is 0. The van der Waals surface area contributed by atoms with Gasteiger partial charge in [0.15, 0.2) is 12.2 Å². The molecule has 2 rings (SSSR count). The molecule has 0 aliphatic carbocycles. The summed E-state index contributed by atoms with van der Waals surface area (Å²) < 4.78 is 80.4. The van der Waals surface area contributed by atoms with Crippen LogP contribution >= 0.6 is 0 Å². The fraction of sp³-hybridized carbons (Fsp3) is 0.188. The fourth-order valence-corrected chi connectivity index (χ4v) is 2.00. The lowest BCUT2D eigenvalue weighted by Crippen LogP contribution is -2.41. The number of halogens is 6. The molecule has 0 unspecified atom stereocenters. The molecule has 0 bridgehead atoms. The molecule has 0 radical (unpaired) electrons. The van der Waals surface area contributed by atoms with Crippen LogP contribution in [-0.2, 0) is 0 Å². The highest BCUT2D eigenvalue weighted by Crippen LogP contribution is 2.36. The Balaban J connectivity index is 2.18. The van der Waals surface area contributed by atoms with Crippen molar-refractivity contribution in [3.8, 4) is 5.75 Å². The highest BCUT2D eigenvalue weighted by molar-refractivity contribution is 6.07. The maximum Gasteiger partial charge on any atom is 0.456 e. The number of rotatable bonds is 6. The second-order valence-electron chi connectivity index (χ2n) is 5.36. The van der Waals surface area contributed by atoms with Crippen molar-refractivity contribution in [1.29, 1.82) is 0 Å². The van der Waals surface area contributed by atoms with Crippen LogP contribution in [0.2, 0.25) is 0 Å². The molecule has 0 saturated carbocycles. The van der Waals surface area contributed by atoms with E-state index in [1.807, 2.05) is 0 Å². The first-order valence-corrected chi connectivity index (χ1v) is 7.34. The number of carbonyl (C=O) groups is 1. The number of amides is 1. The highest BCUT2D eigenvalue weighted by Gasteiger charge is 2.58. The van der Waals surface area contributed by atoms with Crippen LogP contribution in [0.3, 0.4) is 0 Å². The van der Waals surface area contributed by atoms with Gasteiger partial charge in [-0.3, -0.25) is 14.9 Å². The van der Waals surface area contributed by atoms with Crippen LogP contribution < -0.4 is 10.1 Å². The molecule has 12 heteroatoms. The van der Waals surface area contributed by atoms with E-state index < -0.39 is 52.4 Å². The van der Waals surface area contributed by atoms with Crippen molar-refractivity contribution in [1.82, 2.24) is 0 Å². The number of ether oxygens (including phenoxy) is 1. The predicted molar refractivity (Wildman–Crippen MR) is 83.9 cm³/mol. The van der Waals surface area contributed by atoms with Crippen LogP contribution in [0.15, 0.2) is 42.5 Å². The first-order chi connectivity index (χ1) is 12.9. The first kappa shape index (κ1) is 21.0. The molecule has 0 spiro atoms. The smallest absolute Gasteiger partial charge is 0.456 e. The second-order valence-corrected chi connectivity index (χ2v) is 5.36. The minimum Gasteiger partial charge on any atom is -0.487 e. The summed E-state index contributed by atoms with van der Waals surface area (Å²) in [4.78, 5) is 22.1. The summed E-state index contributed by atoms with van der Waals surface area (Å²) in [7, 11) is 0. The lowest BCUT2D eigenvalue weighted by Gasteiger charge is -2.20. The Labute approximate surface area is 152 Å². The quantitative estimate of drug-likeness (QED) is 0.432. The van der Waals surface area contributed by atoms with E-state index in [1.165, 1.54) is 6.07 Å². The van der Waals surface area contributed by atoms with Gasteiger partial charge in [0.2, 0.25) is 0 Å². The van der Waals surface area contributed by atoms with Crippen molar-refractivity contribution >= 4 is 17.3 Å². The van der Waals surface area contributed by atoms with Gasteiger partial charge in [-0.15, -0.1) is 0 Å². The molecule has 0 fully saturated rings. The van der Waals surface area contributed by atoms with Gasteiger partial charge in [-0.25, -0.2) is 4.39 Å². The van der Waals surface area contributed by atoms with Crippen LogP contribution in [-0.4, -0.2) is 29.5 Å². The van der Waals surface area contributed by atoms with Gasteiger partial charge in [0.05, 0.1) is 4.92 Å². The van der Waals surface area contributed by atoms with Gasteiger partial charge in [0, 0.05) is 17.8 Å². The zero-order chi connectivity index (χ0) is 21.1. The number of carbonyl (C=O) groups excluding carboxylic acids is 1. The Bertz CT molecular complexity index is 901. The number of nitrogens with zero attached hydrogens (tertiary/aromatic N) is 1. The van der Waals surface area contributed by atoms with E-state index in [9.17, 15) is 41.3 Å². The third-order valence-electron chi connectivity index (χ3n) is 3.34. The van der Waals surface area contributed by atoms with Gasteiger partial charge in [-0.1, -0.05) is 12.1 Å². The molecule has 150 valence electrons. The topological polar surface area (TPSA) is 81.5 Å². The number of alkyl halides is 5. The monoisotopic (exact) mass is 408 g/mol. The van der Waals surface area contributed by atoms with Crippen molar-refractivity contribution < 1.29 is 40.8 Å². The molecule has 0 aromatic heterocycles. The fourth-order valence-electron chi connectivity index (χ4n) is 2.00. The third-order valence-corrected chi connectivity index (χ3v) is 3.34. The molecule has 2 aromatic rings. The summed E-state index contributed by atoms with van der Waals surface area (Å²) in [5.41, 5.74) is -1.85. The number of anilines is 1. The molecule has 0 heterocycles. The number of hydrogen-bond donors (Lipinski definition) is 1. The second kappa shape index (κ2) is 7.74. The Morgan fingerprint density at radius 3 is 2.36 bits per heavy atom. The van der Waals surface area contributed by atoms with E-state index in [0.717, 1.165) is 36.4 Å². The van der Waals surface area contributed by atoms with Gasteiger partial charge in [-0.05, 0) is 18.2 Å². The third kappa shape index (κ3) is 4.69. The molecule has 28 heavy (non-hydrogen) atoms. The van der Waals surface area contributed by atoms with Crippen molar-refractivity contribution in [2.45, 2.75) is 12.1 Å². The van der Waals surface area contributed by atoms with E-state index >= 15 is 0 Å². The zero-order valence-corrected chi connectivity index (χ0v) is 13.6. The maximum atomic E-state index is 13.8. The highest BCUT2D eigenvalue weighted by atomic mass is 19.4. The summed E-state index contributed by atoms with van der Waals surface area (Å²) in [6.07, 6.45) is -5.80. The molecule has 0 aliphatic heterocycles. The Morgan fingerprint density at radius 2 is 1.75 bits per heavy atom. The van der Waals surface area contributed by atoms with Gasteiger partial charge in [0.25, 0.3) is 11.6 Å². The largest absolute Gasteiger partial charge is 0.487 e. The average Bonchev–Trinajstić information content (AvgIpc) is 2.59. The summed E-state index contributed by atoms with van der Waals surface area (Å²) in [5.74, 6) is -7.93. The molecule has 6 nitrogen and oxygen atoms in total. The van der Waals surface area contributed by atoms with Crippen molar-refractivity contribution in [3.63, 3.8) is 0 Å². The number of hydrogen-bond acceptors (Lipinski definition) is 4. The molecule has 1 N–H and O–H groups in total. The van der Waals surface area contributed by atoms with Crippen LogP contribution in [0.5, 0.6) is 5.75 Å². The van der Waals surface area contributed by atoms with E-state index in [1.54, 1.807) is 0 Å². The molecule has 0 saturated heterocycles. The van der Waals surface area contributed by atoms with Crippen molar-refractivity contribution in [3.05, 3.63) is 64.0 Å². The van der Waals surface area contributed by atoms with Gasteiger partial charge in [0.1, 0.15) is 11.6 Å². The molecular weight excluding hydrogens is 398 g/mol. The zero-order valence-electron chi connectivity index (χ0n) is 13.6. The van der Waals surface area contributed by atoms with Crippen molar-refractivity contribution in [2.75, 3.05) is 11.9 Å². The molecule has 1 amide bonds. The van der Waals surface area contributed by atoms with Crippen LogP contribution in [0.4, 0.5) is 37.7 Å². The van der Waals surface area contributed by atoms with Gasteiger partial charge < -0.3 is 10.1 Å². The number of nitrogens with one attached hydrogen (secondary N) is 1. The minimum atomic E-state index is -5.80. The molecule has 2 aromatic carbocycles. The standard InChI is InChI=1S/C16H10F6N2O4/c17-11-5-2-6-12(24(26)27)13(11)14(25)23-9-3-1-4-10(7-9)28-8-15(18,19)16(20,21)22/h1-7H,8H2,(H,23,25). The SMILES string of the molecule is O=C(Nc1cccc(OCC(F)(F)C(F)(F)F)c1)c1c(F)cccc1[N+](=O)[O-]. The van der Waals surface area contributed by atoms with Crippen molar-refractivity contribution in [2.24, 2.45) is 0 Å². The molecule has 0 aliphatic rings. The summed E-state index contributed by atoms with van der Waals surface area (Å²) in [6.45, 7) is -1.99. The first-order valence-electron chi connectivity index (χ1n) is 7.34. The maximum absolute atomic E-state index is 13.8. The Kier molecular flexibility index (Phi) is 5.81. The average molecular weight is 408 g/mol. The van der Waals surface area contributed by atoms with E-state index in [0.29, 0.717) is 0 Å². The van der Waals surface area contributed by atoms with Crippen LogP contribution in [0.25, 0.3) is 0 Å². The molecular formula is C16H10F6N2O4. The minimum absolute atomic E-state index is 0.171. The predicted octanol–water partition coefficient (Wildman–Crippen LogP) is 4.56. The molecule has 0 atom stereocenters. The number of nitro groups is 1. The normalized spacial score (nSPS) is 11.8. The summed E-state index contributed by atoms with van der Waals surface area (Å²) in [6, 6.07) is 7.05. The van der Waals surface area contributed by atoms with Gasteiger partial charge >= 0.3 is 12.1 Å². The van der Waals surface area contributed by atoms with Crippen LogP contribution in [0, 0.1) is 15.9 Å². The number of nitro benzene ring substituents is 1. The van der Waals surface area contributed by atoms with E-state index in [4.69, 9.17) is 0 Å². The van der Waals surface area contributed by atoms with Gasteiger partial charge in [-0.2, -0.15) is 22.0 Å². The van der Waals surface area contributed by atoms with E-state index in [-0.39, 0.29) is 5.69 Å².